The van der Waals surface area contributed by atoms with Gasteiger partial charge >= 0.3 is 0 Å². The molecular weight excluding hydrogens is 513 g/mol. The number of carbonyl (C=O) groups excluding carboxylic acids is 1. The normalized spacial score (nSPS) is 14.4. The first-order valence-corrected chi connectivity index (χ1v) is 13.5. The van der Waals surface area contributed by atoms with Crippen molar-refractivity contribution in [2.24, 2.45) is 12.0 Å². The Balaban J connectivity index is 1.46. The maximum Gasteiger partial charge on any atom is 0.279 e. The van der Waals surface area contributed by atoms with Crippen LogP contribution in [0.2, 0.25) is 10.0 Å². The molecule has 0 saturated heterocycles. The second kappa shape index (κ2) is 8.85. The van der Waals surface area contributed by atoms with E-state index in [1.165, 1.54) is 39.9 Å². The molecule has 0 unspecified atom stereocenters. The third-order valence-electron chi connectivity index (χ3n) is 5.77. The van der Waals surface area contributed by atoms with E-state index in [1.54, 1.807) is 23.7 Å². The number of benzene rings is 3. The van der Waals surface area contributed by atoms with E-state index in [4.69, 9.17) is 23.2 Å². The molecule has 1 aliphatic rings. The molecule has 174 valence electrons. The number of fused-ring (bicyclic) bond motifs is 2. The zero-order valence-corrected chi connectivity index (χ0v) is 21.2. The summed E-state index contributed by atoms with van der Waals surface area (Å²) in [5, 5.41) is 0.981. The molecule has 6 nitrogen and oxygen atoms in total. The molecule has 1 aliphatic heterocycles. The predicted molar refractivity (Wildman–Crippen MR) is 136 cm³/mol. The van der Waals surface area contributed by atoms with Crippen molar-refractivity contribution in [3.8, 4) is 0 Å². The zero-order chi connectivity index (χ0) is 24.0. The lowest BCUT2D eigenvalue weighted by Gasteiger charge is -2.30. The number of aromatic nitrogens is 1. The molecule has 5 rings (SSSR count). The van der Waals surface area contributed by atoms with Crippen LogP contribution in [0.4, 0.5) is 5.69 Å². The molecular formula is C24H19Cl2N3O3S2. The van der Waals surface area contributed by atoms with E-state index < -0.39 is 15.9 Å². The zero-order valence-electron chi connectivity index (χ0n) is 18.0. The fraction of sp³-hybridized carbons (Fsp3) is 0.167. The van der Waals surface area contributed by atoms with Crippen molar-refractivity contribution in [2.45, 2.75) is 17.7 Å². The van der Waals surface area contributed by atoms with Crippen LogP contribution in [0.1, 0.15) is 22.3 Å². The van der Waals surface area contributed by atoms with E-state index in [-0.39, 0.29) is 4.90 Å². The Hall–Kier alpha value is -2.65. The summed E-state index contributed by atoms with van der Waals surface area (Å²) >= 11 is 13.7. The smallest absolute Gasteiger partial charge is 0.279 e. The van der Waals surface area contributed by atoms with Crippen molar-refractivity contribution in [2.75, 3.05) is 10.8 Å². The van der Waals surface area contributed by atoms with Crippen LogP contribution < -0.4 is 9.11 Å². The number of hydrogen-bond donors (Lipinski definition) is 0. The van der Waals surface area contributed by atoms with Crippen LogP contribution in [0.3, 0.4) is 0 Å². The van der Waals surface area contributed by atoms with E-state index in [2.05, 4.69) is 4.99 Å². The van der Waals surface area contributed by atoms with Gasteiger partial charge in [-0.15, -0.1) is 0 Å². The van der Waals surface area contributed by atoms with Crippen molar-refractivity contribution >= 4 is 66.4 Å². The Bertz CT molecular complexity index is 1610. The number of amides is 1. The Labute approximate surface area is 210 Å². The highest BCUT2D eigenvalue weighted by atomic mass is 35.5. The van der Waals surface area contributed by atoms with Gasteiger partial charge in [0.05, 0.1) is 25.8 Å². The Morgan fingerprint density at radius 1 is 1.06 bits per heavy atom. The first-order valence-electron chi connectivity index (χ1n) is 10.5. The lowest BCUT2D eigenvalue weighted by atomic mass is 10.0. The lowest BCUT2D eigenvalue weighted by Crippen LogP contribution is -2.35. The van der Waals surface area contributed by atoms with Gasteiger partial charge in [-0.05, 0) is 60.9 Å². The van der Waals surface area contributed by atoms with Crippen molar-refractivity contribution in [3.05, 3.63) is 86.6 Å². The van der Waals surface area contributed by atoms with E-state index in [1.807, 2.05) is 24.3 Å². The number of halogens is 2. The molecule has 2 heterocycles. The number of rotatable bonds is 3. The summed E-state index contributed by atoms with van der Waals surface area (Å²) in [7, 11) is -1.97. The molecule has 0 N–H and O–H groups in total. The fourth-order valence-electron chi connectivity index (χ4n) is 4.10. The van der Waals surface area contributed by atoms with E-state index in [0.717, 1.165) is 28.6 Å². The number of aryl methyl sites for hydroxylation is 2. The van der Waals surface area contributed by atoms with Crippen molar-refractivity contribution in [1.29, 1.82) is 0 Å². The highest BCUT2D eigenvalue weighted by Gasteiger charge is 2.29. The van der Waals surface area contributed by atoms with Gasteiger partial charge in [0.15, 0.2) is 4.80 Å². The van der Waals surface area contributed by atoms with Crippen molar-refractivity contribution in [3.63, 3.8) is 0 Å². The maximum absolute atomic E-state index is 13.3. The second-order valence-corrected chi connectivity index (χ2v) is 11.6. The second-order valence-electron chi connectivity index (χ2n) is 7.93. The van der Waals surface area contributed by atoms with Crippen LogP contribution >= 0.6 is 34.5 Å². The molecule has 4 aromatic rings. The number of thiazole rings is 1. The summed E-state index contributed by atoms with van der Waals surface area (Å²) in [6.07, 6.45) is 1.61. The maximum atomic E-state index is 13.3. The molecule has 0 fully saturated rings. The van der Waals surface area contributed by atoms with Crippen molar-refractivity contribution in [1.82, 2.24) is 4.57 Å². The van der Waals surface area contributed by atoms with Gasteiger partial charge in [0.25, 0.3) is 15.9 Å². The summed E-state index contributed by atoms with van der Waals surface area (Å²) in [5.41, 5.74) is 2.76. The van der Waals surface area contributed by atoms with Gasteiger partial charge in [-0.2, -0.15) is 4.99 Å². The summed E-state index contributed by atoms with van der Waals surface area (Å²) in [6, 6.07) is 16.8. The summed E-state index contributed by atoms with van der Waals surface area (Å²) < 4.78 is 30.6. The van der Waals surface area contributed by atoms with E-state index in [9.17, 15) is 13.2 Å². The van der Waals surface area contributed by atoms with Gasteiger partial charge in [-0.25, -0.2) is 8.42 Å². The SMILES string of the molecule is Cn1c(=NC(=O)c2ccc(S(=O)(=O)N3CCCc4ccccc43)cc2)sc2cc(Cl)cc(Cl)c21. The first kappa shape index (κ1) is 23.1. The molecule has 1 aromatic heterocycles. The van der Waals surface area contributed by atoms with Gasteiger partial charge in [-0.3, -0.25) is 9.10 Å². The quantitative estimate of drug-likeness (QED) is 0.353. The van der Waals surface area contributed by atoms with Crippen LogP contribution in [0.25, 0.3) is 10.2 Å². The number of anilines is 1. The number of nitrogens with zero attached hydrogens (tertiary/aromatic N) is 3. The van der Waals surface area contributed by atoms with Crippen LogP contribution in [-0.4, -0.2) is 25.4 Å². The van der Waals surface area contributed by atoms with Crippen LogP contribution in [0.5, 0.6) is 0 Å². The summed E-state index contributed by atoms with van der Waals surface area (Å²) in [6.45, 7) is 0.421. The molecule has 1 amide bonds. The van der Waals surface area contributed by atoms with Gasteiger partial charge in [0.1, 0.15) is 0 Å². The Kier molecular flexibility index (Phi) is 6.02. The molecule has 0 radical (unpaired) electrons. The monoisotopic (exact) mass is 531 g/mol. The number of para-hydroxylation sites is 1. The predicted octanol–water partition coefficient (Wildman–Crippen LogP) is 5.43. The highest BCUT2D eigenvalue weighted by Crippen LogP contribution is 2.32. The van der Waals surface area contributed by atoms with Gasteiger partial charge in [0.2, 0.25) is 0 Å². The van der Waals surface area contributed by atoms with E-state index >= 15 is 0 Å². The van der Waals surface area contributed by atoms with E-state index in [0.29, 0.717) is 32.6 Å². The highest BCUT2D eigenvalue weighted by molar-refractivity contribution is 7.92. The average Bonchev–Trinajstić information content (AvgIpc) is 3.13. The number of hydrogen-bond acceptors (Lipinski definition) is 4. The minimum absolute atomic E-state index is 0.134. The molecule has 0 spiro atoms. The van der Waals surface area contributed by atoms with Gasteiger partial charge in [0, 0.05) is 24.2 Å². The van der Waals surface area contributed by atoms with Crippen LogP contribution in [0, 0.1) is 0 Å². The number of sulfonamides is 1. The fourth-order valence-corrected chi connectivity index (χ4v) is 7.47. The first-order chi connectivity index (χ1) is 16.3. The third kappa shape index (κ3) is 4.05. The molecule has 0 bridgehead atoms. The average molecular weight is 532 g/mol. The minimum atomic E-state index is -3.75. The summed E-state index contributed by atoms with van der Waals surface area (Å²) in [4.78, 5) is 17.7. The molecule has 3 aromatic carbocycles. The van der Waals surface area contributed by atoms with Gasteiger partial charge < -0.3 is 4.57 Å². The molecule has 0 aliphatic carbocycles. The Morgan fingerprint density at radius 2 is 1.79 bits per heavy atom. The minimum Gasteiger partial charge on any atom is -0.318 e. The van der Waals surface area contributed by atoms with Gasteiger partial charge in [-0.1, -0.05) is 52.7 Å². The number of carbonyl (C=O) groups is 1. The third-order valence-corrected chi connectivity index (χ3v) is 9.18. The molecule has 10 heteroatoms. The topological polar surface area (TPSA) is 71.7 Å². The lowest BCUT2D eigenvalue weighted by molar-refractivity contribution is 0.0998. The Morgan fingerprint density at radius 3 is 2.56 bits per heavy atom. The standard InChI is InChI=1S/C24H19Cl2N3O3S2/c1-28-22-19(26)13-17(25)14-21(22)33-24(28)27-23(30)16-8-10-18(11-9-16)34(31,32)29-12-4-6-15-5-2-3-7-20(15)29/h2-3,5,7-11,13-14H,4,6,12H2,1H3. The largest absolute Gasteiger partial charge is 0.318 e. The van der Waals surface area contributed by atoms with Crippen molar-refractivity contribution < 1.29 is 13.2 Å². The molecule has 0 saturated carbocycles. The molecule has 0 atom stereocenters. The van der Waals surface area contributed by atoms with Crippen LogP contribution in [0.15, 0.2) is 70.6 Å². The molecule has 34 heavy (non-hydrogen) atoms. The van der Waals surface area contributed by atoms with Crippen LogP contribution in [-0.2, 0) is 23.5 Å². The summed E-state index contributed by atoms with van der Waals surface area (Å²) in [5.74, 6) is -0.475.